The van der Waals surface area contributed by atoms with Gasteiger partial charge in [-0.1, -0.05) is 6.07 Å². The molecule has 0 spiro atoms. The molecule has 22 heavy (non-hydrogen) atoms. The molecule has 1 N–H and O–H groups in total. The van der Waals surface area contributed by atoms with Gasteiger partial charge in [-0.05, 0) is 26.0 Å². The minimum atomic E-state index is -4.66. The molecule has 0 aromatic heterocycles. The predicted molar refractivity (Wildman–Crippen MR) is 73.7 cm³/mol. The second-order valence-corrected chi connectivity index (χ2v) is 5.34. The first-order chi connectivity index (χ1) is 10.2. The van der Waals surface area contributed by atoms with Gasteiger partial charge in [0.2, 0.25) is 0 Å². The smallest absolute Gasteiger partial charge is 0.324 e. The monoisotopic (exact) mass is 310 g/mol. The van der Waals surface area contributed by atoms with Crippen LogP contribution in [0.4, 0.5) is 24.5 Å². The van der Waals surface area contributed by atoms with Crippen molar-refractivity contribution in [3.8, 4) is 0 Å². The highest BCUT2D eigenvalue weighted by Gasteiger charge is 2.39. The SMILES string of the molecule is [C-]#[N+]c1ccc(NC(=O)C2(C)CC(C)N=N2)cc1C(F)(F)F. The van der Waals surface area contributed by atoms with Crippen molar-refractivity contribution in [3.05, 3.63) is 35.2 Å². The van der Waals surface area contributed by atoms with Crippen LogP contribution >= 0.6 is 0 Å². The molecule has 0 bridgehead atoms. The molecule has 0 saturated heterocycles. The molecule has 1 heterocycles. The Bertz CT molecular complexity index is 678. The summed E-state index contributed by atoms with van der Waals surface area (Å²) >= 11 is 0. The first kappa shape index (κ1) is 15.9. The van der Waals surface area contributed by atoms with Crippen LogP contribution in [0.1, 0.15) is 25.8 Å². The number of azo groups is 1. The maximum Gasteiger partial charge on any atom is 0.407 e. The van der Waals surface area contributed by atoms with Gasteiger partial charge in [0, 0.05) is 12.1 Å². The van der Waals surface area contributed by atoms with Crippen molar-refractivity contribution in [2.45, 2.75) is 38.0 Å². The second-order valence-electron chi connectivity index (χ2n) is 5.34. The number of nitrogens with zero attached hydrogens (tertiary/aromatic N) is 3. The fourth-order valence-corrected chi connectivity index (χ4v) is 2.23. The van der Waals surface area contributed by atoms with Crippen LogP contribution in [0.25, 0.3) is 4.85 Å². The molecule has 1 aliphatic heterocycles. The van der Waals surface area contributed by atoms with Gasteiger partial charge in [0.25, 0.3) is 5.91 Å². The highest BCUT2D eigenvalue weighted by molar-refractivity contribution is 5.98. The zero-order valence-electron chi connectivity index (χ0n) is 11.9. The zero-order valence-corrected chi connectivity index (χ0v) is 11.9. The largest absolute Gasteiger partial charge is 0.407 e. The van der Waals surface area contributed by atoms with E-state index in [1.54, 1.807) is 13.8 Å². The molecule has 8 heteroatoms. The van der Waals surface area contributed by atoms with Crippen molar-refractivity contribution in [1.82, 2.24) is 0 Å². The molecule has 0 fully saturated rings. The van der Waals surface area contributed by atoms with Gasteiger partial charge in [-0.2, -0.15) is 23.4 Å². The number of rotatable bonds is 2. The van der Waals surface area contributed by atoms with Crippen LogP contribution in [0.2, 0.25) is 0 Å². The lowest BCUT2D eigenvalue weighted by Crippen LogP contribution is -2.37. The molecule has 1 aromatic carbocycles. The summed E-state index contributed by atoms with van der Waals surface area (Å²) in [4.78, 5) is 15.0. The number of alkyl halides is 3. The van der Waals surface area contributed by atoms with E-state index in [2.05, 4.69) is 20.4 Å². The van der Waals surface area contributed by atoms with Crippen LogP contribution < -0.4 is 5.32 Å². The van der Waals surface area contributed by atoms with E-state index in [4.69, 9.17) is 6.57 Å². The number of carbonyl (C=O) groups excluding carboxylic acids is 1. The van der Waals surface area contributed by atoms with Crippen molar-refractivity contribution in [3.63, 3.8) is 0 Å². The van der Waals surface area contributed by atoms with Gasteiger partial charge in [0.05, 0.1) is 18.2 Å². The van der Waals surface area contributed by atoms with Crippen LogP contribution in [-0.4, -0.2) is 17.5 Å². The molecule has 2 rings (SSSR count). The van der Waals surface area contributed by atoms with Gasteiger partial charge in [0.15, 0.2) is 11.2 Å². The Morgan fingerprint density at radius 2 is 2.18 bits per heavy atom. The Balaban J connectivity index is 2.26. The minimum absolute atomic E-state index is 0.0271. The van der Waals surface area contributed by atoms with E-state index in [0.717, 1.165) is 12.1 Å². The first-order valence-corrected chi connectivity index (χ1v) is 6.48. The lowest BCUT2D eigenvalue weighted by atomic mass is 9.95. The summed E-state index contributed by atoms with van der Waals surface area (Å²) in [6.45, 7) is 10.2. The van der Waals surface area contributed by atoms with E-state index in [1.165, 1.54) is 6.07 Å². The maximum atomic E-state index is 12.9. The van der Waals surface area contributed by atoms with Crippen molar-refractivity contribution >= 4 is 17.3 Å². The third kappa shape index (κ3) is 3.08. The third-order valence-electron chi connectivity index (χ3n) is 3.34. The summed E-state index contributed by atoms with van der Waals surface area (Å²) in [5, 5.41) is 10.2. The van der Waals surface area contributed by atoms with Gasteiger partial charge < -0.3 is 5.32 Å². The molecule has 0 aliphatic carbocycles. The Morgan fingerprint density at radius 1 is 1.50 bits per heavy atom. The molecule has 5 nitrogen and oxygen atoms in total. The van der Waals surface area contributed by atoms with Gasteiger partial charge in [0.1, 0.15) is 0 Å². The number of hydrogen-bond donors (Lipinski definition) is 1. The lowest BCUT2D eigenvalue weighted by molar-refractivity contribution is -0.136. The van der Waals surface area contributed by atoms with E-state index < -0.39 is 28.9 Å². The van der Waals surface area contributed by atoms with Crippen LogP contribution in [-0.2, 0) is 11.0 Å². The maximum absolute atomic E-state index is 12.9. The van der Waals surface area contributed by atoms with E-state index in [-0.39, 0.29) is 11.7 Å². The molecular weight excluding hydrogens is 297 g/mol. The van der Waals surface area contributed by atoms with Gasteiger partial charge in [-0.15, -0.1) is 0 Å². The molecule has 1 aromatic rings. The van der Waals surface area contributed by atoms with E-state index in [9.17, 15) is 18.0 Å². The average Bonchev–Trinajstić information content (AvgIpc) is 2.79. The van der Waals surface area contributed by atoms with Gasteiger partial charge >= 0.3 is 6.18 Å². The highest BCUT2D eigenvalue weighted by atomic mass is 19.4. The number of nitrogens with one attached hydrogen (secondary N) is 1. The van der Waals surface area contributed by atoms with Crippen LogP contribution in [0.15, 0.2) is 28.4 Å². The molecule has 0 radical (unpaired) electrons. The minimum Gasteiger partial charge on any atom is -0.324 e. The topological polar surface area (TPSA) is 58.2 Å². The van der Waals surface area contributed by atoms with Crippen molar-refractivity contribution < 1.29 is 18.0 Å². The molecule has 116 valence electrons. The summed E-state index contributed by atoms with van der Waals surface area (Å²) in [5.74, 6) is -0.524. The summed E-state index contributed by atoms with van der Waals surface area (Å²) in [7, 11) is 0. The summed E-state index contributed by atoms with van der Waals surface area (Å²) in [6, 6.07) is 2.95. The normalized spacial score (nSPS) is 24.1. The Kier molecular flexibility index (Phi) is 3.92. The molecule has 1 amide bonds. The fourth-order valence-electron chi connectivity index (χ4n) is 2.23. The number of hydrogen-bond acceptors (Lipinski definition) is 3. The fraction of sp³-hybridized carbons (Fsp3) is 0.429. The summed E-state index contributed by atoms with van der Waals surface area (Å²) in [6.07, 6.45) is -4.27. The molecule has 0 saturated carbocycles. The van der Waals surface area contributed by atoms with Crippen LogP contribution in [0, 0.1) is 6.57 Å². The zero-order chi connectivity index (χ0) is 16.5. The number of benzene rings is 1. The molecule has 2 atom stereocenters. The predicted octanol–water partition coefficient (Wildman–Crippen LogP) is 4.20. The Hall–Kier alpha value is -2.43. The average molecular weight is 310 g/mol. The van der Waals surface area contributed by atoms with Crippen LogP contribution in [0.3, 0.4) is 0 Å². The number of amides is 1. The van der Waals surface area contributed by atoms with Crippen LogP contribution in [0.5, 0.6) is 0 Å². The Labute approximate surface area is 125 Å². The Morgan fingerprint density at radius 3 is 2.68 bits per heavy atom. The number of carbonyl (C=O) groups is 1. The number of anilines is 1. The molecule has 1 aliphatic rings. The third-order valence-corrected chi connectivity index (χ3v) is 3.34. The quantitative estimate of drug-likeness (QED) is 0.818. The van der Waals surface area contributed by atoms with Crippen molar-refractivity contribution in [2.24, 2.45) is 10.2 Å². The summed E-state index contributed by atoms with van der Waals surface area (Å²) < 4.78 is 38.7. The van der Waals surface area contributed by atoms with Crippen molar-refractivity contribution in [1.29, 1.82) is 0 Å². The lowest BCUT2D eigenvalue weighted by Gasteiger charge is -2.19. The first-order valence-electron chi connectivity index (χ1n) is 6.48. The van der Waals surface area contributed by atoms with Gasteiger partial charge in [-0.25, -0.2) is 4.85 Å². The standard InChI is InChI=1S/C14H13F3N4O/c1-8-7-13(2,21-20-8)12(22)19-9-4-5-11(18-3)10(6-9)14(15,16)17/h4-6,8H,7H2,1-2H3,(H,19,22). The molecular formula is C14H13F3N4O. The highest BCUT2D eigenvalue weighted by Crippen LogP contribution is 2.38. The van der Waals surface area contributed by atoms with Crippen molar-refractivity contribution in [2.75, 3.05) is 5.32 Å². The van der Waals surface area contributed by atoms with E-state index in [1.807, 2.05) is 0 Å². The second kappa shape index (κ2) is 5.40. The number of halogens is 3. The summed E-state index contributed by atoms with van der Waals surface area (Å²) in [5.41, 5.74) is -2.70. The van der Waals surface area contributed by atoms with Gasteiger partial charge in [-0.3, -0.25) is 4.79 Å². The van der Waals surface area contributed by atoms with E-state index >= 15 is 0 Å². The van der Waals surface area contributed by atoms with E-state index in [0.29, 0.717) is 6.42 Å². The molecule has 2 unspecified atom stereocenters.